The average Bonchev–Trinajstić information content (AvgIpc) is 2.51. The maximum absolute atomic E-state index is 11.5. The minimum absolute atomic E-state index is 0.0458. The van der Waals surface area contributed by atoms with Crippen LogP contribution >= 0.6 is 11.6 Å². The monoisotopic (exact) mass is 216 g/mol. The van der Waals surface area contributed by atoms with Gasteiger partial charge in [0.05, 0.1) is 5.69 Å². The van der Waals surface area contributed by atoms with Crippen LogP contribution in [-0.4, -0.2) is 22.8 Å². The van der Waals surface area contributed by atoms with Gasteiger partial charge >= 0.3 is 0 Å². The quantitative estimate of drug-likeness (QED) is 0.780. The fourth-order valence-corrected chi connectivity index (χ4v) is 1.37. The van der Waals surface area contributed by atoms with E-state index < -0.39 is 0 Å². The van der Waals surface area contributed by atoms with Crippen LogP contribution in [0.3, 0.4) is 0 Å². The van der Waals surface area contributed by atoms with E-state index in [0.29, 0.717) is 11.6 Å². The third-order valence-corrected chi connectivity index (χ3v) is 2.09. The van der Waals surface area contributed by atoms with E-state index in [0.717, 1.165) is 6.42 Å². The molecule has 5 heteroatoms. The first-order valence-corrected chi connectivity index (χ1v) is 4.95. The first kappa shape index (κ1) is 11.0. The van der Waals surface area contributed by atoms with Gasteiger partial charge in [-0.25, -0.2) is 4.98 Å². The average molecular weight is 217 g/mol. The number of carbonyl (C=O) groups is 1. The molecule has 1 heterocycles. The van der Waals surface area contributed by atoms with Gasteiger partial charge in [0.25, 0.3) is 5.91 Å². The highest BCUT2D eigenvalue weighted by Gasteiger charge is 2.15. The summed E-state index contributed by atoms with van der Waals surface area (Å²) in [6, 6.07) is 0.0458. The lowest BCUT2D eigenvalue weighted by Gasteiger charge is -2.10. The number of nitrogens with one attached hydrogen (secondary N) is 1. The molecule has 1 aromatic heterocycles. The molecule has 1 atom stereocenters. The predicted octanol–water partition coefficient (Wildman–Crippen LogP) is 1.73. The Hall–Kier alpha value is -1.03. The Balaban J connectivity index is 2.55. The van der Waals surface area contributed by atoms with Crippen molar-refractivity contribution in [1.29, 1.82) is 0 Å². The molecule has 14 heavy (non-hydrogen) atoms. The summed E-state index contributed by atoms with van der Waals surface area (Å²) < 4.78 is 4.95. The van der Waals surface area contributed by atoms with Gasteiger partial charge in [-0.05, 0) is 20.3 Å². The molecule has 4 nitrogen and oxygen atoms in total. The third-order valence-electron chi connectivity index (χ3n) is 1.87. The van der Waals surface area contributed by atoms with Crippen LogP contribution in [0.2, 0.25) is 0 Å². The standard InChI is InChI=1S/C9H13ClN2O2/c1-6(3-4-10)12-9(13)8-7(2)11-5-14-8/h5-6H,3-4H2,1-2H3,(H,12,13). The van der Waals surface area contributed by atoms with Gasteiger partial charge in [0.1, 0.15) is 0 Å². The summed E-state index contributed by atoms with van der Waals surface area (Å²) >= 11 is 5.55. The Labute approximate surface area is 87.6 Å². The van der Waals surface area contributed by atoms with Crippen LogP contribution in [0, 0.1) is 6.92 Å². The van der Waals surface area contributed by atoms with Crippen LogP contribution in [0.4, 0.5) is 0 Å². The summed E-state index contributed by atoms with van der Waals surface area (Å²) in [4.78, 5) is 15.4. The van der Waals surface area contributed by atoms with Crippen LogP contribution in [0.15, 0.2) is 10.8 Å². The zero-order chi connectivity index (χ0) is 10.6. The molecule has 0 saturated heterocycles. The van der Waals surface area contributed by atoms with Crippen LogP contribution in [0.1, 0.15) is 29.6 Å². The van der Waals surface area contributed by atoms with Gasteiger partial charge in [0.2, 0.25) is 5.76 Å². The summed E-state index contributed by atoms with van der Waals surface area (Å²) in [5.41, 5.74) is 0.598. The molecule has 0 aliphatic carbocycles. The number of hydrogen-bond acceptors (Lipinski definition) is 3. The molecule has 0 fully saturated rings. The molecule has 1 unspecified atom stereocenters. The Morgan fingerprint density at radius 3 is 3.00 bits per heavy atom. The second-order valence-corrected chi connectivity index (χ2v) is 3.50. The van der Waals surface area contributed by atoms with E-state index in [-0.39, 0.29) is 17.7 Å². The summed E-state index contributed by atoms with van der Waals surface area (Å²) in [5.74, 6) is 0.556. The Bertz CT molecular complexity index is 312. The Kier molecular flexibility index (Phi) is 3.95. The Morgan fingerprint density at radius 1 is 1.79 bits per heavy atom. The van der Waals surface area contributed by atoms with Crippen molar-refractivity contribution in [1.82, 2.24) is 10.3 Å². The van der Waals surface area contributed by atoms with Crippen molar-refractivity contribution in [3.05, 3.63) is 17.8 Å². The summed E-state index contributed by atoms with van der Waals surface area (Å²) in [6.45, 7) is 3.62. The molecule has 0 bridgehead atoms. The predicted molar refractivity (Wildman–Crippen MR) is 53.5 cm³/mol. The highest BCUT2D eigenvalue weighted by molar-refractivity contribution is 6.17. The lowest BCUT2D eigenvalue weighted by atomic mass is 10.2. The van der Waals surface area contributed by atoms with Crippen molar-refractivity contribution in [3.8, 4) is 0 Å². The van der Waals surface area contributed by atoms with E-state index >= 15 is 0 Å². The number of hydrogen-bond donors (Lipinski definition) is 1. The molecule has 1 rings (SSSR count). The van der Waals surface area contributed by atoms with Gasteiger partial charge in [0.15, 0.2) is 6.39 Å². The lowest BCUT2D eigenvalue weighted by Crippen LogP contribution is -2.32. The molecule has 1 aromatic rings. The molecule has 0 aliphatic rings. The van der Waals surface area contributed by atoms with Gasteiger partial charge in [0, 0.05) is 11.9 Å². The molecular weight excluding hydrogens is 204 g/mol. The number of aromatic nitrogens is 1. The van der Waals surface area contributed by atoms with E-state index in [2.05, 4.69) is 10.3 Å². The lowest BCUT2D eigenvalue weighted by molar-refractivity contribution is 0.0910. The SMILES string of the molecule is Cc1ncoc1C(=O)NC(C)CCCl. The van der Waals surface area contributed by atoms with Crippen LogP contribution in [-0.2, 0) is 0 Å². The van der Waals surface area contributed by atoms with Gasteiger partial charge in [-0.2, -0.15) is 0 Å². The van der Waals surface area contributed by atoms with E-state index in [4.69, 9.17) is 16.0 Å². The number of carbonyl (C=O) groups excluding carboxylic acids is 1. The van der Waals surface area contributed by atoms with Gasteiger partial charge in [-0.1, -0.05) is 0 Å². The molecule has 0 radical (unpaired) electrons. The second-order valence-electron chi connectivity index (χ2n) is 3.12. The van der Waals surface area contributed by atoms with E-state index in [1.807, 2.05) is 6.92 Å². The zero-order valence-corrected chi connectivity index (χ0v) is 8.97. The minimum Gasteiger partial charge on any atom is -0.438 e. The van der Waals surface area contributed by atoms with Crippen LogP contribution in [0.5, 0.6) is 0 Å². The molecule has 78 valence electrons. The van der Waals surface area contributed by atoms with Crippen molar-refractivity contribution in [2.24, 2.45) is 0 Å². The van der Waals surface area contributed by atoms with E-state index in [9.17, 15) is 4.79 Å². The number of halogens is 1. The van der Waals surface area contributed by atoms with Gasteiger partial charge < -0.3 is 9.73 Å². The van der Waals surface area contributed by atoms with Crippen molar-refractivity contribution >= 4 is 17.5 Å². The number of rotatable bonds is 4. The summed E-state index contributed by atoms with van der Waals surface area (Å²) in [7, 11) is 0. The molecule has 0 saturated carbocycles. The number of nitrogens with zero attached hydrogens (tertiary/aromatic N) is 1. The van der Waals surface area contributed by atoms with Gasteiger partial charge in [-0.15, -0.1) is 11.6 Å². The van der Waals surface area contributed by atoms with E-state index in [1.54, 1.807) is 6.92 Å². The van der Waals surface area contributed by atoms with Crippen LogP contribution in [0.25, 0.3) is 0 Å². The topological polar surface area (TPSA) is 55.1 Å². The van der Waals surface area contributed by atoms with Crippen LogP contribution < -0.4 is 5.32 Å². The number of aryl methyl sites for hydroxylation is 1. The Morgan fingerprint density at radius 2 is 2.50 bits per heavy atom. The second kappa shape index (κ2) is 5.00. The fourth-order valence-electron chi connectivity index (χ4n) is 1.05. The van der Waals surface area contributed by atoms with E-state index in [1.165, 1.54) is 6.39 Å². The number of amides is 1. The van der Waals surface area contributed by atoms with Crippen molar-refractivity contribution in [2.45, 2.75) is 26.3 Å². The highest BCUT2D eigenvalue weighted by Crippen LogP contribution is 2.05. The molecule has 0 aliphatic heterocycles. The zero-order valence-electron chi connectivity index (χ0n) is 8.21. The molecule has 0 aromatic carbocycles. The normalized spacial score (nSPS) is 12.5. The fraction of sp³-hybridized carbons (Fsp3) is 0.556. The summed E-state index contributed by atoms with van der Waals surface area (Å²) in [6.07, 6.45) is 2.00. The molecule has 0 spiro atoms. The molecule has 1 amide bonds. The smallest absolute Gasteiger partial charge is 0.289 e. The van der Waals surface area contributed by atoms with Gasteiger partial charge in [-0.3, -0.25) is 4.79 Å². The number of alkyl halides is 1. The molecular formula is C9H13ClN2O2. The largest absolute Gasteiger partial charge is 0.438 e. The van der Waals surface area contributed by atoms with Crippen molar-refractivity contribution < 1.29 is 9.21 Å². The minimum atomic E-state index is -0.238. The van der Waals surface area contributed by atoms with Crippen molar-refractivity contribution in [2.75, 3.05) is 5.88 Å². The third kappa shape index (κ3) is 2.73. The summed E-state index contributed by atoms with van der Waals surface area (Å²) in [5, 5.41) is 2.77. The maximum atomic E-state index is 11.5. The highest BCUT2D eigenvalue weighted by atomic mass is 35.5. The maximum Gasteiger partial charge on any atom is 0.289 e. The molecule has 1 N–H and O–H groups in total. The first-order valence-electron chi connectivity index (χ1n) is 4.42. The first-order chi connectivity index (χ1) is 6.65. The van der Waals surface area contributed by atoms with Crippen molar-refractivity contribution in [3.63, 3.8) is 0 Å². The number of oxazole rings is 1.